The summed E-state index contributed by atoms with van der Waals surface area (Å²) in [5.41, 5.74) is 0.480. The van der Waals surface area contributed by atoms with Gasteiger partial charge in [-0.1, -0.05) is 12.1 Å². The Labute approximate surface area is 153 Å². The first kappa shape index (κ1) is 18.1. The number of nitrogens with one attached hydrogen (secondary N) is 1. The number of aliphatic hydroxyl groups is 1. The van der Waals surface area contributed by atoms with E-state index >= 15 is 0 Å². The van der Waals surface area contributed by atoms with E-state index in [2.05, 4.69) is 5.32 Å². The lowest BCUT2D eigenvalue weighted by Gasteiger charge is -2.13. The van der Waals surface area contributed by atoms with Gasteiger partial charge in [0, 0.05) is 17.8 Å². The van der Waals surface area contributed by atoms with Crippen molar-refractivity contribution in [3.05, 3.63) is 70.4 Å². The van der Waals surface area contributed by atoms with Crippen molar-refractivity contribution in [2.24, 2.45) is 0 Å². The number of hydrogen-bond donors (Lipinski definition) is 2. The molecule has 2 N–H and O–H groups in total. The summed E-state index contributed by atoms with van der Waals surface area (Å²) in [5, 5.41) is 22.8. The summed E-state index contributed by atoms with van der Waals surface area (Å²) in [5.74, 6) is -0.524. The zero-order valence-electron chi connectivity index (χ0n) is 14.0. The molecule has 1 aliphatic heterocycles. The van der Waals surface area contributed by atoms with Crippen molar-refractivity contribution < 1.29 is 24.4 Å². The first-order valence-corrected chi connectivity index (χ1v) is 7.96. The lowest BCUT2D eigenvalue weighted by atomic mass is 10.2. The molecule has 138 valence electrons. The maximum absolute atomic E-state index is 12.1. The second-order valence-corrected chi connectivity index (χ2v) is 5.55. The van der Waals surface area contributed by atoms with Gasteiger partial charge in [0.25, 0.3) is 11.8 Å². The Hall–Kier alpha value is -3.72. The van der Waals surface area contributed by atoms with Gasteiger partial charge in [0.1, 0.15) is 11.4 Å². The number of hydrogen-bond acceptors (Lipinski definition) is 7. The fourth-order valence-electron chi connectivity index (χ4n) is 2.49. The summed E-state index contributed by atoms with van der Waals surface area (Å²) in [6.07, 6.45) is 1.16. The highest BCUT2D eigenvalue weighted by molar-refractivity contribution is 6.17. The smallest absolute Gasteiger partial charge is 0.311 e. The fraction of sp³-hybridized carbons (Fsp3) is 0.111. The Bertz CT molecular complexity index is 923. The number of anilines is 1. The van der Waals surface area contributed by atoms with Crippen LogP contribution in [-0.4, -0.2) is 39.9 Å². The van der Waals surface area contributed by atoms with Crippen LogP contribution in [0.2, 0.25) is 0 Å². The Morgan fingerprint density at radius 1 is 1.11 bits per heavy atom. The maximum Gasteiger partial charge on any atom is 0.311 e. The summed E-state index contributed by atoms with van der Waals surface area (Å²) < 4.78 is 5.54. The fourth-order valence-corrected chi connectivity index (χ4v) is 2.49. The van der Waals surface area contributed by atoms with Crippen LogP contribution in [0.3, 0.4) is 0 Å². The number of benzene rings is 2. The number of para-hydroxylation sites is 2. The van der Waals surface area contributed by atoms with Gasteiger partial charge < -0.3 is 15.2 Å². The molecule has 27 heavy (non-hydrogen) atoms. The van der Waals surface area contributed by atoms with E-state index in [1.807, 2.05) is 0 Å². The molecule has 0 bridgehead atoms. The Kier molecular flexibility index (Phi) is 5.13. The van der Waals surface area contributed by atoms with E-state index in [0.29, 0.717) is 11.4 Å². The molecule has 0 aliphatic carbocycles. The van der Waals surface area contributed by atoms with Gasteiger partial charge in [0.2, 0.25) is 5.75 Å². The van der Waals surface area contributed by atoms with E-state index in [9.17, 15) is 19.7 Å². The lowest BCUT2D eigenvalue weighted by molar-refractivity contribution is -0.385. The normalized spacial score (nSPS) is 13.5. The molecule has 9 nitrogen and oxygen atoms in total. The number of nitro benzene ring substituents is 1. The predicted octanol–water partition coefficient (Wildman–Crippen LogP) is 2.04. The van der Waals surface area contributed by atoms with E-state index < -0.39 is 16.7 Å². The molecule has 0 saturated heterocycles. The molecule has 3 rings (SSSR count). The van der Waals surface area contributed by atoms with Crippen LogP contribution in [0.1, 0.15) is 0 Å². The largest absolute Gasteiger partial charge is 0.450 e. The topological polar surface area (TPSA) is 122 Å². The van der Waals surface area contributed by atoms with Crippen LogP contribution in [0.15, 0.2) is 60.3 Å². The van der Waals surface area contributed by atoms with Gasteiger partial charge in [0.05, 0.1) is 18.1 Å². The summed E-state index contributed by atoms with van der Waals surface area (Å²) in [4.78, 5) is 35.2. The van der Waals surface area contributed by atoms with Gasteiger partial charge in [-0.2, -0.15) is 0 Å². The molecule has 0 fully saturated rings. The number of carbonyl (C=O) groups is 2. The van der Waals surface area contributed by atoms with Crippen LogP contribution in [0, 0.1) is 10.1 Å². The predicted molar refractivity (Wildman–Crippen MR) is 95.1 cm³/mol. The zero-order chi connectivity index (χ0) is 19.4. The monoisotopic (exact) mass is 369 g/mol. The van der Waals surface area contributed by atoms with Gasteiger partial charge in [-0.25, -0.2) is 0 Å². The highest BCUT2D eigenvalue weighted by atomic mass is 16.6. The molecule has 2 aromatic rings. The Morgan fingerprint density at radius 3 is 2.48 bits per heavy atom. The van der Waals surface area contributed by atoms with Crippen molar-refractivity contribution in [3.8, 4) is 11.5 Å². The average Bonchev–Trinajstić information content (AvgIpc) is 2.91. The number of ether oxygens (including phenoxy) is 1. The third-order valence-electron chi connectivity index (χ3n) is 3.76. The molecule has 0 aromatic heterocycles. The van der Waals surface area contributed by atoms with E-state index in [1.165, 1.54) is 12.1 Å². The van der Waals surface area contributed by atoms with Gasteiger partial charge in [-0.15, -0.1) is 0 Å². The van der Waals surface area contributed by atoms with Crippen LogP contribution in [0.5, 0.6) is 11.5 Å². The maximum atomic E-state index is 12.1. The minimum Gasteiger partial charge on any atom is -0.450 e. The molecule has 0 saturated carbocycles. The van der Waals surface area contributed by atoms with Crippen LogP contribution in [0.4, 0.5) is 11.4 Å². The number of carbonyl (C=O) groups excluding carboxylic acids is 2. The highest BCUT2D eigenvalue weighted by Crippen LogP contribution is 2.31. The Morgan fingerprint density at radius 2 is 1.81 bits per heavy atom. The molecule has 2 amide bonds. The number of aliphatic hydroxyl groups excluding tert-OH is 1. The van der Waals surface area contributed by atoms with E-state index in [-0.39, 0.29) is 30.3 Å². The van der Waals surface area contributed by atoms with Gasteiger partial charge in [-0.3, -0.25) is 24.6 Å². The highest BCUT2D eigenvalue weighted by Gasteiger charge is 2.30. The average molecular weight is 369 g/mol. The summed E-state index contributed by atoms with van der Waals surface area (Å²) in [6.45, 7) is -0.377. The number of imide groups is 1. The van der Waals surface area contributed by atoms with Crippen molar-refractivity contribution >= 4 is 23.2 Å². The standard InChI is InChI=1S/C18H15N3O6/c22-10-9-20-17(23)11-14(18(20)24)19-12-5-7-13(8-6-12)27-16-4-2-1-3-15(16)21(25)26/h1-8,11,19,22H,9-10H2. The van der Waals surface area contributed by atoms with Crippen molar-refractivity contribution in [3.63, 3.8) is 0 Å². The molecule has 2 aromatic carbocycles. The quantitative estimate of drug-likeness (QED) is 0.435. The summed E-state index contributed by atoms with van der Waals surface area (Å²) >= 11 is 0. The molecule has 1 aliphatic rings. The molecular formula is C18H15N3O6. The zero-order valence-corrected chi connectivity index (χ0v) is 14.0. The summed E-state index contributed by atoms with van der Waals surface area (Å²) in [6, 6.07) is 12.4. The van der Waals surface area contributed by atoms with Crippen molar-refractivity contribution in [2.75, 3.05) is 18.5 Å². The number of β-amino-alcohol motifs (C(OH)–C–C–N with tert-alkyl or cyclic N) is 1. The second-order valence-electron chi connectivity index (χ2n) is 5.55. The van der Waals surface area contributed by atoms with Gasteiger partial charge in [-0.05, 0) is 30.3 Å². The molecule has 0 unspecified atom stereocenters. The third-order valence-corrected chi connectivity index (χ3v) is 3.76. The van der Waals surface area contributed by atoms with Gasteiger partial charge >= 0.3 is 5.69 Å². The van der Waals surface area contributed by atoms with Crippen molar-refractivity contribution in [2.45, 2.75) is 0 Å². The molecule has 9 heteroatoms. The number of nitrogens with zero attached hydrogens (tertiary/aromatic N) is 2. The lowest BCUT2D eigenvalue weighted by Crippen LogP contribution is -2.34. The van der Waals surface area contributed by atoms with E-state index in [4.69, 9.17) is 9.84 Å². The molecule has 1 heterocycles. The van der Waals surface area contributed by atoms with E-state index in [1.54, 1.807) is 36.4 Å². The number of rotatable bonds is 7. The number of nitro groups is 1. The SMILES string of the molecule is O=C1C=C(Nc2ccc(Oc3ccccc3[N+](=O)[O-])cc2)C(=O)N1CCO. The Balaban J connectivity index is 1.70. The molecular weight excluding hydrogens is 354 g/mol. The minimum absolute atomic E-state index is 0.0675. The first-order chi connectivity index (χ1) is 13.0. The first-order valence-electron chi connectivity index (χ1n) is 7.96. The van der Waals surface area contributed by atoms with Crippen LogP contribution < -0.4 is 10.1 Å². The van der Waals surface area contributed by atoms with Crippen LogP contribution >= 0.6 is 0 Å². The second kappa shape index (κ2) is 7.67. The van der Waals surface area contributed by atoms with Crippen molar-refractivity contribution in [1.82, 2.24) is 4.90 Å². The minimum atomic E-state index is -0.529. The molecule has 0 radical (unpaired) electrons. The number of amides is 2. The summed E-state index contributed by atoms with van der Waals surface area (Å²) in [7, 11) is 0. The van der Waals surface area contributed by atoms with Crippen LogP contribution in [-0.2, 0) is 9.59 Å². The molecule has 0 atom stereocenters. The third kappa shape index (κ3) is 3.93. The van der Waals surface area contributed by atoms with Gasteiger partial charge in [0.15, 0.2) is 0 Å². The van der Waals surface area contributed by atoms with Crippen LogP contribution in [0.25, 0.3) is 0 Å². The van der Waals surface area contributed by atoms with Crippen molar-refractivity contribution in [1.29, 1.82) is 0 Å². The molecule has 0 spiro atoms. The van der Waals surface area contributed by atoms with E-state index in [0.717, 1.165) is 11.0 Å².